The lowest BCUT2D eigenvalue weighted by Gasteiger charge is -2.35. The molecule has 0 amide bonds. The monoisotopic (exact) mass is 228 g/mol. The summed E-state index contributed by atoms with van der Waals surface area (Å²) < 4.78 is 0. The molecule has 0 saturated carbocycles. The minimum absolute atomic E-state index is 0.409. The quantitative estimate of drug-likeness (QED) is 0.640. The van der Waals surface area contributed by atoms with Crippen LogP contribution in [0.4, 0.5) is 0 Å². The van der Waals surface area contributed by atoms with Crippen LogP contribution in [0.1, 0.15) is 64.9 Å². The Morgan fingerprint density at radius 3 is 2.24 bits per heavy atom. The lowest BCUT2D eigenvalue weighted by Crippen LogP contribution is -2.23. The second kappa shape index (κ2) is 6.28. The zero-order valence-corrected chi connectivity index (χ0v) is 11.8. The average Bonchev–Trinajstić information content (AvgIpc) is 2.36. The predicted octanol–water partition coefficient (Wildman–Crippen LogP) is 4.19. The van der Waals surface area contributed by atoms with Gasteiger partial charge >= 0.3 is 0 Å². The Hall–Kier alpha value is -0.715. The van der Waals surface area contributed by atoms with E-state index >= 15 is 0 Å². The number of unbranched alkanes of at least 4 members (excludes halogenated alkanes) is 1. The molecule has 0 aliphatic carbocycles. The molecule has 2 atom stereocenters. The Bertz CT molecular complexity index is 328. The highest BCUT2D eigenvalue weighted by Gasteiger charge is 2.29. The van der Waals surface area contributed by atoms with Gasteiger partial charge in [-0.2, -0.15) is 0 Å². The van der Waals surface area contributed by atoms with Gasteiger partial charge in [0.05, 0.1) is 0 Å². The third-order valence-electron chi connectivity index (χ3n) is 4.39. The van der Waals surface area contributed by atoms with E-state index in [0.29, 0.717) is 11.3 Å². The first kappa shape index (κ1) is 14.3. The van der Waals surface area contributed by atoms with E-state index in [1.807, 2.05) is 12.1 Å². The van der Waals surface area contributed by atoms with Crippen LogP contribution >= 0.6 is 0 Å². The molecular formula is C16H25B. The highest BCUT2D eigenvalue weighted by molar-refractivity contribution is 6.32. The van der Waals surface area contributed by atoms with Gasteiger partial charge in [-0.3, -0.25) is 0 Å². The van der Waals surface area contributed by atoms with Gasteiger partial charge in [0, 0.05) is 0 Å². The summed E-state index contributed by atoms with van der Waals surface area (Å²) in [6.07, 6.45) is 5.15. The second-order valence-corrected chi connectivity index (χ2v) is 5.50. The first-order valence-corrected chi connectivity index (χ1v) is 6.89. The molecule has 1 rings (SSSR count). The summed E-state index contributed by atoms with van der Waals surface area (Å²) in [5, 5.41) is 0. The van der Waals surface area contributed by atoms with E-state index in [2.05, 4.69) is 39.8 Å². The fourth-order valence-electron chi connectivity index (χ4n) is 2.47. The molecule has 2 radical (unpaired) electrons. The summed E-state index contributed by atoms with van der Waals surface area (Å²) in [5.74, 6) is 0.597. The summed E-state index contributed by atoms with van der Waals surface area (Å²) in [5.41, 5.74) is 2.68. The van der Waals surface area contributed by atoms with Crippen LogP contribution in [0.2, 0.25) is 0 Å². The number of benzene rings is 1. The number of rotatable bonds is 6. The Balaban J connectivity index is 2.84. The van der Waals surface area contributed by atoms with Gasteiger partial charge in [0.1, 0.15) is 7.85 Å². The second-order valence-electron chi connectivity index (χ2n) is 5.50. The molecule has 0 fully saturated rings. The Labute approximate surface area is 108 Å². The van der Waals surface area contributed by atoms with Gasteiger partial charge in [-0.15, -0.1) is 0 Å². The Kier molecular flexibility index (Phi) is 5.30. The molecule has 0 nitrogen and oxygen atoms in total. The fraction of sp³-hybridized carbons (Fsp3) is 0.625. The normalized spacial score (nSPS) is 16.5. The van der Waals surface area contributed by atoms with Crippen molar-refractivity contribution in [1.82, 2.24) is 0 Å². The molecule has 0 N–H and O–H groups in total. The van der Waals surface area contributed by atoms with E-state index in [1.165, 1.54) is 31.2 Å². The maximum absolute atomic E-state index is 5.75. The molecule has 92 valence electrons. The van der Waals surface area contributed by atoms with Crippen LogP contribution in [0.5, 0.6) is 0 Å². The standard InChI is InChI=1S/C16H25B/c1-5-7-12-16(4,6-2)13(3)14-8-10-15(17)11-9-14/h8-11,13H,5-7,12H2,1-4H3. The van der Waals surface area contributed by atoms with E-state index in [9.17, 15) is 0 Å². The first-order valence-electron chi connectivity index (χ1n) is 6.89. The van der Waals surface area contributed by atoms with Crippen molar-refractivity contribution in [3.8, 4) is 0 Å². The summed E-state index contributed by atoms with van der Waals surface area (Å²) in [6, 6.07) is 8.39. The van der Waals surface area contributed by atoms with Gasteiger partial charge in [0.2, 0.25) is 0 Å². The van der Waals surface area contributed by atoms with Gasteiger partial charge in [0.25, 0.3) is 0 Å². The largest absolute Gasteiger partial charge is 0.113 e. The summed E-state index contributed by atoms with van der Waals surface area (Å²) >= 11 is 0. The molecular weight excluding hydrogens is 203 g/mol. The predicted molar refractivity (Wildman–Crippen MR) is 78.2 cm³/mol. The molecule has 0 spiro atoms. The molecule has 0 aliphatic rings. The topological polar surface area (TPSA) is 0 Å². The van der Waals surface area contributed by atoms with Gasteiger partial charge in [0.15, 0.2) is 0 Å². The summed E-state index contributed by atoms with van der Waals surface area (Å²) in [7, 11) is 5.75. The minimum Gasteiger partial charge on any atom is -0.0967 e. The molecule has 1 aromatic rings. The van der Waals surface area contributed by atoms with Crippen molar-refractivity contribution in [3.05, 3.63) is 29.8 Å². The maximum atomic E-state index is 5.75. The molecule has 0 heterocycles. The third-order valence-corrected chi connectivity index (χ3v) is 4.39. The maximum Gasteiger partial charge on any atom is 0.113 e. The van der Waals surface area contributed by atoms with Crippen molar-refractivity contribution in [2.75, 3.05) is 0 Å². The van der Waals surface area contributed by atoms with Gasteiger partial charge in [-0.25, -0.2) is 0 Å². The lowest BCUT2D eigenvalue weighted by atomic mass is 9.69. The van der Waals surface area contributed by atoms with E-state index in [0.717, 1.165) is 5.46 Å². The number of hydrogen-bond donors (Lipinski definition) is 0. The van der Waals surface area contributed by atoms with Crippen LogP contribution in [-0.4, -0.2) is 7.85 Å². The number of hydrogen-bond acceptors (Lipinski definition) is 0. The van der Waals surface area contributed by atoms with Crippen molar-refractivity contribution in [1.29, 1.82) is 0 Å². The molecule has 0 aromatic heterocycles. The molecule has 0 aliphatic heterocycles. The SMILES string of the molecule is [B]c1ccc(C(C)C(C)(CC)CCCC)cc1. The summed E-state index contributed by atoms with van der Waals surface area (Å²) in [4.78, 5) is 0. The molecule has 2 unspecified atom stereocenters. The van der Waals surface area contributed by atoms with Gasteiger partial charge < -0.3 is 0 Å². The average molecular weight is 228 g/mol. The Morgan fingerprint density at radius 1 is 1.18 bits per heavy atom. The highest BCUT2D eigenvalue weighted by Crippen LogP contribution is 2.42. The minimum atomic E-state index is 0.409. The lowest BCUT2D eigenvalue weighted by molar-refractivity contribution is 0.226. The molecule has 1 heteroatoms. The third kappa shape index (κ3) is 3.62. The molecule has 0 saturated heterocycles. The fourth-order valence-corrected chi connectivity index (χ4v) is 2.47. The van der Waals surface area contributed by atoms with Crippen molar-refractivity contribution in [2.45, 2.75) is 59.3 Å². The zero-order valence-electron chi connectivity index (χ0n) is 11.8. The van der Waals surface area contributed by atoms with E-state index < -0.39 is 0 Å². The van der Waals surface area contributed by atoms with Crippen molar-refractivity contribution in [2.24, 2.45) is 5.41 Å². The zero-order chi connectivity index (χ0) is 12.9. The Morgan fingerprint density at radius 2 is 1.76 bits per heavy atom. The molecule has 1 aromatic carbocycles. The van der Waals surface area contributed by atoms with Crippen LogP contribution < -0.4 is 5.46 Å². The highest BCUT2D eigenvalue weighted by atomic mass is 14.3. The van der Waals surface area contributed by atoms with Crippen molar-refractivity contribution in [3.63, 3.8) is 0 Å². The van der Waals surface area contributed by atoms with E-state index in [1.54, 1.807) is 0 Å². The van der Waals surface area contributed by atoms with E-state index in [4.69, 9.17) is 7.85 Å². The smallest absolute Gasteiger partial charge is 0.0967 e. The van der Waals surface area contributed by atoms with Crippen LogP contribution in [0.15, 0.2) is 24.3 Å². The van der Waals surface area contributed by atoms with Crippen molar-refractivity contribution < 1.29 is 0 Å². The van der Waals surface area contributed by atoms with Crippen LogP contribution in [0.3, 0.4) is 0 Å². The molecule has 17 heavy (non-hydrogen) atoms. The van der Waals surface area contributed by atoms with E-state index in [-0.39, 0.29) is 0 Å². The summed E-state index contributed by atoms with van der Waals surface area (Å²) in [6.45, 7) is 9.35. The van der Waals surface area contributed by atoms with Crippen molar-refractivity contribution >= 4 is 13.3 Å². The van der Waals surface area contributed by atoms with Gasteiger partial charge in [-0.05, 0) is 23.3 Å². The van der Waals surface area contributed by atoms with Gasteiger partial charge in [-0.1, -0.05) is 76.7 Å². The van der Waals surface area contributed by atoms with Crippen LogP contribution in [0, 0.1) is 5.41 Å². The van der Waals surface area contributed by atoms with Crippen LogP contribution in [-0.2, 0) is 0 Å². The first-order chi connectivity index (χ1) is 8.03. The molecule has 0 bridgehead atoms. The van der Waals surface area contributed by atoms with Crippen LogP contribution in [0.25, 0.3) is 0 Å².